The first-order valence-corrected chi connectivity index (χ1v) is 3.68. The van der Waals surface area contributed by atoms with Crippen LogP contribution in [-0.2, 0) is 6.61 Å². The topological polar surface area (TPSA) is 33.1 Å². The van der Waals surface area contributed by atoms with Gasteiger partial charge in [0, 0.05) is 0 Å². The Hall–Kier alpha value is -0.810. The number of aliphatic hydroxyl groups excluding tert-OH is 1. The summed E-state index contributed by atoms with van der Waals surface area (Å²) in [5, 5.41) is 8.44. The highest BCUT2D eigenvalue weighted by Crippen LogP contribution is 2.24. The Morgan fingerprint density at radius 1 is 1.54 bits per heavy atom. The summed E-state index contributed by atoms with van der Waals surface area (Å²) < 4.78 is 36.8. The van der Waals surface area contributed by atoms with E-state index in [1.165, 1.54) is 0 Å². The van der Waals surface area contributed by atoms with Gasteiger partial charge in [0.15, 0.2) is 5.82 Å². The quantitative estimate of drug-likeness (QED) is 0.814. The lowest BCUT2D eigenvalue weighted by molar-refractivity contribution is 0.139. The van der Waals surface area contributed by atoms with E-state index in [4.69, 9.17) is 16.7 Å². The van der Waals surface area contributed by atoms with E-state index in [0.29, 0.717) is 6.07 Å². The molecule has 1 heterocycles. The molecule has 2 nitrogen and oxygen atoms in total. The molecule has 0 fully saturated rings. The number of pyridine rings is 1. The highest BCUT2D eigenvalue weighted by atomic mass is 35.5. The van der Waals surface area contributed by atoms with Gasteiger partial charge in [0.1, 0.15) is 5.69 Å². The van der Waals surface area contributed by atoms with E-state index >= 15 is 0 Å². The SMILES string of the molecule is OCc1nc(C(F)F)c(F)cc1Cl. The molecule has 1 aromatic heterocycles. The smallest absolute Gasteiger partial charge is 0.283 e. The van der Waals surface area contributed by atoms with Gasteiger partial charge in [-0.3, -0.25) is 0 Å². The average molecular weight is 212 g/mol. The van der Waals surface area contributed by atoms with Crippen LogP contribution >= 0.6 is 11.6 Å². The van der Waals surface area contributed by atoms with Gasteiger partial charge in [-0.25, -0.2) is 18.2 Å². The van der Waals surface area contributed by atoms with Crippen LogP contribution in [-0.4, -0.2) is 10.1 Å². The van der Waals surface area contributed by atoms with Crippen LogP contribution < -0.4 is 0 Å². The lowest BCUT2D eigenvalue weighted by Crippen LogP contribution is -2.01. The number of hydrogen-bond acceptors (Lipinski definition) is 2. The maximum Gasteiger partial charge on any atom is 0.283 e. The normalized spacial score (nSPS) is 10.9. The Morgan fingerprint density at radius 2 is 2.15 bits per heavy atom. The van der Waals surface area contributed by atoms with Crippen LogP contribution in [0.15, 0.2) is 6.07 Å². The number of nitrogens with zero attached hydrogens (tertiary/aromatic N) is 1. The van der Waals surface area contributed by atoms with Gasteiger partial charge in [-0.1, -0.05) is 11.6 Å². The largest absolute Gasteiger partial charge is 0.390 e. The molecule has 1 rings (SSSR count). The third-order valence-corrected chi connectivity index (χ3v) is 1.71. The highest BCUT2D eigenvalue weighted by Gasteiger charge is 2.17. The molecule has 0 aliphatic heterocycles. The zero-order valence-electron chi connectivity index (χ0n) is 6.27. The van der Waals surface area contributed by atoms with Crippen LogP contribution in [0.1, 0.15) is 17.8 Å². The lowest BCUT2D eigenvalue weighted by atomic mass is 10.3. The second-order valence-electron chi connectivity index (χ2n) is 2.24. The number of aliphatic hydroxyl groups is 1. The first kappa shape index (κ1) is 10.3. The monoisotopic (exact) mass is 211 g/mol. The van der Waals surface area contributed by atoms with Crippen LogP contribution in [0.25, 0.3) is 0 Å². The molecule has 0 spiro atoms. The van der Waals surface area contributed by atoms with E-state index in [2.05, 4.69) is 4.98 Å². The zero-order chi connectivity index (χ0) is 10.0. The summed E-state index contributed by atoms with van der Waals surface area (Å²) in [5.41, 5.74) is -1.15. The maximum atomic E-state index is 12.7. The first-order valence-electron chi connectivity index (χ1n) is 3.30. The fourth-order valence-corrected chi connectivity index (χ4v) is 0.982. The van der Waals surface area contributed by atoms with Gasteiger partial charge in [-0.2, -0.15) is 0 Å². The molecule has 0 atom stereocenters. The van der Waals surface area contributed by atoms with Crippen molar-refractivity contribution in [2.24, 2.45) is 0 Å². The van der Waals surface area contributed by atoms with E-state index in [9.17, 15) is 13.2 Å². The molecule has 0 amide bonds. The fraction of sp³-hybridized carbons (Fsp3) is 0.286. The van der Waals surface area contributed by atoms with Crippen molar-refractivity contribution in [2.45, 2.75) is 13.0 Å². The molecular weight excluding hydrogens is 207 g/mol. The summed E-state index contributed by atoms with van der Waals surface area (Å²) in [4.78, 5) is 3.18. The van der Waals surface area contributed by atoms with Gasteiger partial charge in [-0.15, -0.1) is 0 Å². The van der Waals surface area contributed by atoms with Gasteiger partial charge in [-0.05, 0) is 6.07 Å². The second-order valence-corrected chi connectivity index (χ2v) is 2.65. The molecule has 0 aliphatic carbocycles. The first-order chi connectivity index (χ1) is 6.06. The van der Waals surface area contributed by atoms with Crippen LogP contribution in [0.3, 0.4) is 0 Å². The summed E-state index contributed by atoms with van der Waals surface area (Å²) in [6.45, 7) is -0.598. The van der Waals surface area contributed by atoms with Gasteiger partial charge in [0.2, 0.25) is 0 Å². The van der Waals surface area contributed by atoms with Crippen molar-refractivity contribution in [3.8, 4) is 0 Å². The Bertz CT molecular complexity index is 319. The summed E-state index contributed by atoms with van der Waals surface area (Å²) in [6.07, 6.45) is -3.01. The molecule has 1 aromatic rings. The van der Waals surface area contributed by atoms with Crippen molar-refractivity contribution >= 4 is 11.6 Å². The standard InChI is InChI=1S/C7H5ClF3NO/c8-3-1-4(9)6(7(10)11)12-5(3)2-13/h1,7,13H,2H2. The lowest BCUT2D eigenvalue weighted by Gasteiger charge is -2.04. The van der Waals surface area contributed by atoms with Crippen LogP contribution in [0.4, 0.5) is 13.2 Å². The summed E-state index contributed by atoms with van der Waals surface area (Å²) >= 11 is 5.40. The minimum Gasteiger partial charge on any atom is -0.390 e. The molecule has 0 saturated heterocycles. The van der Waals surface area contributed by atoms with E-state index in [-0.39, 0.29) is 10.7 Å². The van der Waals surface area contributed by atoms with Crippen molar-refractivity contribution < 1.29 is 18.3 Å². The highest BCUT2D eigenvalue weighted by molar-refractivity contribution is 6.31. The molecule has 0 aromatic carbocycles. The Balaban J connectivity index is 3.22. The van der Waals surface area contributed by atoms with Crippen LogP contribution in [0.2, 0.25) is 5.02 Å². The van der Waals surface area contributed by atoms with Crippen molar-refractivity contribution in [1.82, 2.24) is 4.98 Å². The van der Waals surface area contributed by atoms with Crippen LogP contribution in [0.5, 0.6) is 0 Å². The Morgan fingerprint density at radius 3 is 2.62 bits per heavy atom. The zero-order valence-corrected chi connectivity index (χ0v) is 7.02. The third-order valence-electron chi connectivity index (χ3n) is 1.39. The number of rotatable bonds is 2. The number of hydrogen-bond donors (Lipinski definition) is 1. The molecule has 1 N–H and O–H groups in total. The molecule has 0 unspecified atom stereocenters. The number of aromatic nitrogens is 1. The number of halogens is 4. The summed E-state index contributed by atoms with van der Waals surface area (Å²) in [6, 6.07) is 0.710. The second kappa shape index (κ2) is 3.93. The summed E-state index contributed by atoms with van der Waals surface area (Å²) in [5.74, 6) is -1.17. The molecule has 0 bridgehead atoms. The minimum atomic E-state index is -3.01. The van der Waals surface area contributed by atoms with E-state index in [0.717, 1.165) is 0 Å². The van der Waals surface area contributed by atoms with Crippen molar-refractivity contribution in [2.75, 3.05) is 0 Å². The maximum absolute atomic E-state index is 12.7. The van der Waals surface area contributed by atoms with Crippen molar-refractivity contribution in [3.63, 3.8) is 0 Å². The predicted octanol–water partition coefficient (Wildman–Crippen LogP) is 2.30. The van der Waals surface area contributed by atoms with Gasteiger partial charge in [0.05, 0.1) is 17.3 Å². The van der Waals surface area contributed by atoms with Crippen molar-refractivity contribution in [3.05, 3.63) is 28.3 Å². The predicted molar refractivity (Wildman–Crippen MR) is 40.1 cm³/mol. The molecule has 0 radical (unpaired) electrons. The van der Waals surface area contributed by atoms with E-state index in [1.807, 2.05) is 0 Å². The molecule has 0 aliphatic rings. The Labute approximate surface area is 77.0 Å². The van der Waals surface area contributed by atoms with Crippen molar-refractivity contribution in [1.29, 1.82) is 0 Å². The molecule has 0 saturated carbocycles. The average Bonchev–Trinajstić information content (AvgIpc) is 2.03. The molecule has 6 heteroatoms. The molecule has 72 valence electrons. The van der Waals surface area contributed by atoms with Gasteiger partial charge < -0.3 is 5.11 Å². The molecular formula is C7H5ClF3NO. The van der Waals surface area contributed by atoms with E-state index < -0.39 is 24.5 Å². The third kappa shape index (κ3) is 2.10. The number of alkyl halides is 2. The van der Waals surface area contributed by atoms with Gasteiger partial charge >= 0.3 is 0 Å². The molecule has 13 heavy (non-hydrogen) atoms. The van der Waals surface area contributed by atoms with Crippen LogP contribution in [0, 0.1) is 5.82 Å². The Kier molecular flexibility index (Phi) is 3.11. The minimum absolute atomic E-state index is 0.154. The summed E-state index contributed by atoms with van der Waals surface area (Å²) in [7, 11) is 0. The van der Waals surface area contributed by atoms with E-state index in [1.54, 1.807) is 0 Å². The fourth-order valence-electron chi connectivity index (χ4n) is 0.785. The van der Waals surface area contributed by atoms with Gasteiger partial charge in [0.25, 0.3) is 6.43 Å².